The minimum absolute atomic E-state index is 0.0283. The van der Waals surface area contributed by atoms with E-state index >= 15 is 0 Å². The van der Waals surface area contributed by atoms with Gasteiger partial charge in [-0.05, 0) is 44.0 Å². The average Bonchev–Trinajstić information content (AvgIpc) is 2.40. The molecule has 1 N–H and O–H groups in total. The summed E-state index contributed by atoms with van der Waals surface area (Å²) in [6.07, 6.45) is 3.57. The molecule has 0 saturated carbocycles. The Morgan fingerprint density at radius 2 is 2.20 bits per heavy atom. The first-order chi connectivity index (χ1) is 9.45. The Morgan fingerprint density at radius 3 is 2.75 bits per heavy atom. The van der Waals surface area contributed by atoms with Crippen molar-refractivity contribution in [3.05, 3.63) is 40.7 Å². The standard InChI is InChI=1S/C15H19ClFNO2/c1-11(2)18(8-3-9-19)15(20)7-5-12-4-6-14(17)13(16)10-12/h4-7,10-11,19H,3,8-9H2,1-2H3/b7-5+. The second-order valence-corrected chi connectivity index (χ2v) is 5.12. The highest BCUT2D eigenvalue weighted by Crippen LogP contribution is 2.17. The SMILES string of the molecule is CC(C)N(CCCO)C(=O)/C=C/c1ccc(F)c(Cl)c1. The number of aliphatic hydroxyl groups is 1. The molecule has 5 heteroatoms. The number of halogens is 2. The predicted molar refractivity (Wildman–Crippen MR) is 79.0 cm³/mol. The summed E-state index contributed by atoms with van der Waals surface area (Å²) >= 11 is 5.68. The van der Waals surface area contributed by atoms with E-state index in [4.69, 9.17) is 16.7 Å². The molecule has 0 fully saturated rings. The highest BCUT2D eigenvalue weighted by Gasteiger charge is 2.13. The van der Waals surface area contributed by atoms with Crippen LogP contribution < -0.4 is 0 Å². The van der Waals surface area contributed by atoms with Gasteiger partial charge in [0.25, 0.3) is 0 Å². The lowest BCUT2D eigenvalue weighted by atomic mass is 10.2. The van der Waals surface area contributed by atoms with Crippen molar-refractivity contribution in [3.8, 4) is 0 Å². The van der Waals surface area contributed by atoms with Crippen LogP contribution in [0.15, 0.2) is 24.3 Å². The monoisotopic (exact) mass is 299 g/mol. The van der Waals surface area contributed by atoms with Crippen molar-refractivity contribution in [2.24, 2.45) is 0 Å². The minimum atomic E-state index is -0.484. The molecule has 110 valence electrons. The molecule has 3 nitrogen and oxygen atoms in total. The third-order valence-electron chi connectivity index (χ3n) is 2.83. The molecule has 0 aliphatic carbocycles. The molecule has 0 bridgehead atoms. The Balaban J connectivity index is 2.75. The lowest BCUT2D eigenvalue weighted by Gasteiger charge is -2.25. The van der Waals surface area contributed by atoms with Crippen LogP contribution in [0.2, 0.25) is 5.02 Å². The van der Waals surface area contributed by atoms with Crippen LogP contribution in [0.4, 0.5) is 4.39 Å². The highest BCUT2D eigenvalue weighted by molar-refractivity contribution is 6.30. The molecule has 0 aromatic heterocycles. The van der Waals surface area contributed by atoms with Gasteiger partial charge in [0.2, 0.25) is 5.91 Å². The van der Waals surface area contributed by atoms with Crippen LogP contribution in [-0.2, 0) is 4.79 Å². The van der Waals surface area contributed by atoms with Gasteiger partial charge in [0.1, 0.15) is 5.82 Å². The third-order valence-corrected chi connectivity index (χ3v) is 3.12. The highest BCUT2D eigenvalue weighted by atomic mass is 35.5. The van der Waals surface area contributed by atoms with Crippen molar-refractivity contribution in [3.63, 3.8) is 0 Å². The van der Waals surface area contributed by atoms with E-state index < -0.39 is 5.82 Å². The zero-order valence-electron chi connectivity index (χ0n) is 11.6. The fourth-order valence-corrected chi connectivity index (χ4v) is 1.93. The van der Waals surface area contributed by atoms with Crippen LogP contribution in [0.5, 0.6) is 0 Å². The van der Waals surface area contributed by atoms with E-state index in [1.54, 1.807) is 17.0 Å². The molecule has 1 amide bonds. The maximum Gasteiger partial charge on any atom is 0.246 e. The second kappa shape index (κ2) is 8.02. The van der Waals surface area contributed by atoms with Crippen molar-refractivity contribution >= 4 is 23.6 Å². The lowest BCUT2D eigenvalue weighted by molar-refractivity contribution is -0.127. The topological polar surface area (TPSA) is 40.5 Å². The van der Waals surface area contributed by atoms with Crippen LogP contribution in [0.1, 0.15) is 25.8 Å². The summed E-state index contributed by atoms with van der Waals surface area (Å²) in [5, 5.41) is 8.87. The maximum atomic E-state index is 13.0. The number of carbonyl (C=O) groups is 1. The lowest BCUT2D eigenvalue weighted by Crippen LogP contribution is -2.36. The molecule has 1 aromatic carbocycles. The van der Waals surface area contributed by atoms with Crippen molar-refractivity contribution in [1.29, 1.82) is 0 Å². The molecule has 0 aliphatic heterocycles. The fourth-order valence-electron chi connectivity index (χ4n) is 1.74. The van der Waals surface area contributed by atoms with Gasteiger partial charge in [0, 0.05) is 25.3 Å². The molecule has 0 saturated heterocycles. The van der Waals surface area contributed by atoms with Gasteiger partial charge in [0.15, 0.2) is 0 Å². The van der Waals surface area contributed by atoms with Gasteiger partial charge in [-0.25, -0.2) is 4.39 Å². The molecule has 0 unspecified atom stereocenters. The van der Waals surface area contributed by atoms with E-state index in [0.29, 0.717) is 18.5 Å². The molecule has 1 aromatic rings. The number of hydrogen-bond donors (Lipinski definition) is 1. The van der Waals surface area contributed by atoms with Crippen molar-refractivity contribution in [2.75, 3.05) is 13.2 Å². The van der Waals surface area contributed by atoms with E-state index in [1.165, 1.54) is 18.2 Å². The predicted octanol–water partition coefficient (Wildman–Crippen LogP) is 3.11. The molecule has 20 heavy (non-hydrogen) atoms. The van der Waals surface area contributed by atoms with Crippen LogP contribution in [0.25, 0.3) is 6.08 Å². The van der Waals surface area contributed by atoms with Gasteiger partial charge in [0.05, 0.1) is 5.02 Å². The quantitative estimate of drug-likeness (QED) is 0.820. The van der Waals surface area contributed by atoms with Crippen LogP contribution in [0.3, 0.4) is 0 Å². The first-order valence-electron chi connectivity index (χ1n) is 6.50. The zero-order valence-corrected chi connectivity index (χ0v) is 12.4. The molecule has 0 atom stereocenters. The third kappa shape index (κ3) is 4.94. The summed E-state index contributed by atoms with van der Waals surface area (Å²) < 4.78 is 13.0. The van der Waals surface area contributed by atoms with Crippen LogP contribution in [0, 0.1) is 5.82 Å². The van der Waals surface area contributed by atoms with E-state index in [9.17, 15) is 9.18 Å². The minimum Gasteiger partial charge on any atom is -0.396 e. The molecule has 0 radical (unpaired) electrons. The van der Waals surface area contributed by atoms with E-state index in [2.05, 4.69) is 0 Å². The van der Waals surface area contributed by atoms with Crippen molar-refractivity contribution < 1.29 is 14.3 Å². The molecule has 0 spiro atoms. The smallest absolute Gasteiger partial charge is 0.246 e. The number of rotatable bonds is 6. The van der Waals surface area contributed by atoms with E-state index in [0.717, 1.165) is 0 Å². The number of benzene rings is 1. The Labute approximate surface area is 123 Å². The second-order valence-electron chi connectivity index (χ2n) is 4.71. The summed E-state index contributed by atoms with van der Waals surface area (Å²) in [6, 6.07) is 4.33. The Hall–Kier alpha value is -1.39. The number of carbonyl (C=O) groups excluding carboxylic acids is 1. The Kier molecular flexibility index (Phi) is 6.68. The van der Waals surface area contributed by atoms with Crippen LogP contribution in [-0.4, -0.2) is 35.1 Å². The van der Waals surface area contributed by atoms with Crippen molar-refractivity contribution in [1.82, 2.24) is 4.90 Å². The summed E-state index contributed by atoms with van der Waals surface area (Å²) in [7, 11) is 0. The van der Waals surface area contributed by atoms with Gasteiger partial charge in [-0.1, -0.05) is 17.7 Å². The van der Waals surface area contributed by atoms with Crippen LogP contribution >= 0.6 is 11.6 Å². The fraction of sp³-hybridized carbons (Fsp3) is 0.400. The summed E-state index contributed by atoms with van der Waals surface area (Å²) in [5.74, 6) is -0.629. The molecule has 0 aliphatic rings. The zero-order chi connectivity index (χ0) is 15.1. The van der Waals surface area contributed by atoms with Gasteiger partial charge < -0.3 is 10.0 Å². The number of aliphatic hydroxyl groups excluding tert-OH is 1. The van der Waals surface area contributed by atoms with Gasteiger partial charge in [-0.15, -0.1) is 0 Å². The summed E-state index contributed by atoms with van der Waals surface area (Å²) in [6.45, 7) is 4.38. The first kappa shape index (κ1) is 16.7. The average molecular weight is 300 g/mol. The molecule has 1 rings (SSSR count). The first-order valence-corrected chi connectivity index (χ1v) is 6.88. The van der Waals surface area contributed by atoms with E-state index in [1.807, 2.05) is 13.8 Å². The molecule has 0 heterocycles. The van der Waals surface area contributed by atoms with Gasteiger partial charge in [-0.2, -0.15) is 0 Å². The Bertz CT molecular complexity index is 489. The number of nitrogens with zero attached hydrogens (tertiary/aromatic N) is 1. The summed E-state index contributed by atoms with van der Waals surface area (Å²) in [5.41, 5.74) is 0.663. The van der Waals surface area contributed by atoms with Gasteiger partial charge in [-0.3, -0.25) is 4.79 Å². The van der Waals surface area contributed by atoms with E-state index in [-0.39, 0.29) is 23.6 Å². The van der Waals surface area contributed by atoms with Gasteiger partial charge >= 0.3 is 0 Å². The molecular weight excluding hydrogens is 281 g/mol. The van der Waals surface area contributed by atoms with Crippen molar-refractivity contribution in [2.45, 2.75) is 26.3 Å². The summed E-state index contributed by atoms with van der Waals surface area (Å²) in [4.78, 5) is 13.7. The number of amides is 1. The largest absolute Gasteiger partial charge is 0.396 e. The Morgan fingerprint density at radius 1 is 1.50 bits per heavy atom. The number of hydrogen-bond acceptors (Lipinski definition) is 2. The maximum absolute atomic E-state index is 13.0. The normalized spacial score (nSPS) is 11.3. The molecular formula is C15H19ClFNO2.